The largest absolute Gasteiger partial charge is 0.338 e. The summed E-state index contributed by atoms with van der Waals surface area (Å²) in [6, 6.07) is 8.83. The number of fused-ring (bicyclic) bond motifs is 2. The predicted octanol–water partition coefficient (Wildman–Crippen LogP) is 4.37. The smallest absolute Gasteiger partial charge is 0.219 e. The lowest BCUT2D eigenvalue weighted by Gasteiger charge is -2.49. The van der Waals surface area contributed by atoms with E-state index in [1.165, 1.54) is 43.4 Å². The molecule has 3 heteroatoms. The van der Waals surface area contributed by atoms with Crippen LogP contribution in [-0.2, 0) is 16.8 Å². The van der Waals surface area contributed by atoms with Crippen LogP contribution in [0.4, 0.5) is 0 Å². The number of amides is 1. The van der Waals surface area contributed by atoms with Gasteiger partial charge in [-0.1, -0.05) is 42.8 Å². The van der Waals surface area contributed by atoms with Gasteiger partial charge in [0.25, 0.3) is 0 Å². The summed E-state index contributed by atoms with van der Waals surface area (Å²) in [5, 5.41) is 0. The van der Waals surface area contributed by atoms with Gasteiger partial charge in [-0.2, -0.15) is 0 Å². The molecule has 0 saturated carbocycles. The van der Waals surface area contributed by atoms with Crippen LogP contribution in [0.1, 0.15) is 57.6 Å². The van der Waals surface area contributed by atoms with Crippen molar-refractivity contribution in [1.82, 2.24) is 9.80 Å². The van der Waals surface area contributed by atoms with Gasteiger partial charge in [0.1, 0.15) is 0 Å². The lowest BCUT2D eigenvalue weighted by molar-refractivity contribution is -0.131. The molecule has 4 rings (SSSR count). The van der Waals surface area contributed by atoms with E-state index in [2.05, 4.69) is 54.0 Å². The molecule has 2 unspecified atom stereocenters. The molecular weight excluding hydrogens is 332 g/mol. The highest BCUT2D eigenvalue weighted by Gasteiger charge is 2.42. The van der Waals surface area contributed by atoms with E-state index in [9.17, 15) is 4.79 Å². The maximum atomic E-state index is 12.1. The number of allylic oxidation sites excluding steroid dienone is 2. The minimum Gasteiger partial charge on any atom is -0.338 e. The van der Waals surface area contributed by atoms with Crippen LogP contribution >= 0.6 is 0 Å². The number of piperidine rings is 1. The number of hydrogen-bond acceptors (Lipinski definition) is 2. The molecule has 0 radical (unpaired) electrons. The zero-order valence-electron chi connectivity index (χ0n) is 17.2. The highest BCUT2D eigenvalue weighted by atomic mass is 16.2. The average Bonchev–Trinajstić information content (AvgIpc) is 2.66. The Kier molecular flexibility index (Phi) is 5.15. The van der Waals surface area contributed by atoms with Gasteiger partial charge in [0.05, 0.1) is 0 Å². The predicted molar refractivity (Wildman–Crippen MR) is 111 cm³/mol. The molecule has 2 heterocycles. The molecule has 1 fully saturated rings. The summed E-state index contributed by atoms with van der Waals surface area (Å²) in [6.07, 6.45) is 7.44. The van der Waals surface area contributed by atoms with E-state index < -0.39 is 0 Å². The molecule has 3 nitrogen and oxygen atoms in total. The molecular formula is C24H34N2O. The lowest BCUT2D eigenvalue weighted by Crippen LogP contribution is -2.53. The fourth-order valence-corrected chi connectivity index (χ4v) is 5.63. The summed E-state index contributed by atoms with van der Waals surface area (Å²) in [4.78, 5) is 16.9. The molecule has 3 aliphatic rings. The van der Waals surface area contributed by atoms with Crippen LogP contribution in [0.2, 0.25) is 0 Å². The van der Waals surface area contributed by atoms with Crippen molar-refractivity contribution in [3.63, 3.8) is 0 Å². The normalized spacial score (nSPS) is 28.0. The zero-order chi connectivity index (χ0) is 19.0. The highest BCUT2D eigenvalue weighted by Crippen LogP contribution is 2.42. The van der Waals surface area contributed by atoms with Crippen LogP contribution in [0.5, 0.6) is 0 Å². The highest BCUT2D eigenvalue weighted by molar-refractivity contribution is 5.74. The molecule has 1 amide bonds. The molecule has 1 aliphatic carbocycles. The molecule has 1 spiro atoms. The molecule has 1 aromatic rings. The fourth-order valence-electron chi connectivity index (χ4n) is 5.63. The third kappa shape index (κ3) is 3.71. The number of rotatable bonds is 2. The van der Waals surface area contributed by atoms with E-state index in [-0.39, 0.29) is 11.3 Å². The van der Waals surface area contributed by atoms with Crippen molar-refractivity contribution in [2.24, 2.45) is 11.8 Å². The Morgan fingerprint density at radius 3 is 2.67 bits per heavy atom. The molecule has 0 bridgehead atoms. The average molecular weight is 367 g/mol. The Morgan fingerprint density at radius 1 is 1.22 bits per heavy atom. The van der Waals surface area contributed by atoms with Crippen molar-refractivity contribution in [3.05, 3.63) is 47.0 Å². The van der Waals surface area contributed by atoms with Crippen molar-refractivity contribution in [1.29, 1.82) is 0 Å². The molecule has 0 N–H and O–H groups in total. The minimum atomic E-state index is 0.158. The maximum absolute atomic E-state index is 12.1. The Morgan fingerprint density at radius 2 is 1.96 bits per heavy atom. The monoisotopic (exact) mass is 366 g/mol. The number of nitrogens with zero attached hydrogens (tertiary/aromatic N) is 2. The zero-order valence-corrected chi connectivity index (χ0v) is 17.2. The van der Waals surface area contributed by atoms with E-state index in [0.29, 0.717) is 5.92 Å². The summed E-state index contributed by atoms with van der Waals surface area (Å²) in [6.45, 7) is 11.6. The quantitative estimate of drug-likeness (QED) is 0.726. The SMILES string of the molecule is CC(=O)N1Cc2ccccc2C2(CCN(CC3CCC(C)=CC3C)CC2)C1. The summed E-state index contributed by atoms with van der Waals surface area (Å²) in [5.41, 5.74) is 4.59. The second-order valence-corrected chi connectivity index (χ2v) is 9.28. The number of hydrogen-bond donors (Lipinski definition) is 0. The Balaban J connectivity index is 1.47. The summed E-state index contributed by atoms with van der Waals surface area (Å²) >= 11 is 0. The van der Waals surface area contributed by atoms with Gasteiger partial charge in [0.15, 0.2) is 0 Å². The first-order valence-electron chi connectivity index (χ1n) is 10.7. The third-order valence-electron chi connectivity index (χ3n) is 7.40. The van der Waals surface area contributed by atoms with Crippen LogP contribution in [0.25, 0.3) is 0 Å². The first-order valence-corrected chi connectivity index (χ1v) is 10.7. The second kappa shape index (κ2) is 7.43. The van der Waals surface area contributed by atoms with Gasteiger partial charge in [-0.25, -0.2) is 0 Å². The van der Waals surface area contributed by atoms with Crippen molar-refractivity contribution < 1.29 is 4.79 Å². The molecule has 0 aromatic heterocycles. The van der Waals surface area contributed by atoms with Crippen LogP contribution in [0.15, 0.2) is 35.9 Å². The second-order valence-electron chi connectivity index (χ2n) is 9.28. The van der Waals surface area contributed by atoms with Crippen molar-refractivity contribution in [2.45, 2.75) is 58.4 Å². The Labute approximate surface area is 164 Å². The van der Waals surface area contributed by atoms with Crippen LogP contribution in [-0.4, -0.2) is 41.9 Å². The number of carbonyl (C=O) groups excluding carboxylic acids is 1. The van der Waals surface area contributed by atoms with Gasteiger partial charge in [0.2, 0.25) is 5.91 Å². The topological polar surface area (TPSA) is 23.6 Å². The molecule has 2 aliphatic heterocycles. The van der Waals surface area contributed by atoms with Gasteiger partial charge in [-0.05, 0) is 68.7 Å². The number of benzene rings is 1. The van der Waals surface area contributed by atoms with Crippen LogP contribution < -0.4 is 0 Å². The van der Waals surface area contributed by atoms with Gasteiger partial charge < -0.3 is 9.80 Å². The summed E-state index contributed by atoms with van der Waals surface area (Å²) < 4.78 is 0. The maximum Gasteiger partial charge on any atom is 0.219 e. The molecule has 146 valence electrons. The van der Waals surface area contributed by atoms with E-state index in [1.54, 1.807) is 12.5 Å². The van der Waals surface area contributed by atoms with Gasteiger partial charge in [0, 0.05) is 32.0 Å². The summed E-state index contributed by atoms with van der Waals surface area (Å²) in [5.74, 6) is 1.72. The fraction of sp³-hybridized carbons (Fsp3) is 0.625. The van der Waals surface area contributed by atoms with E-state index in [0.717, 1.165) is 32.1 Å². The number of carbonyl (C=O) groups is 1. The minimum absolute atomic E-state index is 0.158. The molecule has 2 atom stereocenters. The van der Waals surface area contributed by atoms with Crippen molar-refractivity contribution in [2.75, 3.05) is 26.2 Å². The number of likely N-dealkylation sites (tertiary alicyclic amines) is 1. The van der Waals surface area contributed by atoms with Crippen LogP contribution in [0, 0.1) is 11.8 Å². The van der Waals surface area contributed by atoms with Gasteiger partial charge in [-0.15, -0.1) is 0 Å². The van der Waals surface area contributed by atoms with Crippen molar-refractivity contribution >= 4 is 5.91 Å². The standard InChI is InChI=1S/C24H34N2O/c1-18-8-9-21(19(2)14-18)15-25-12-10-24(11-13-25)17-26(20(3)27)16-22-6-4-5-7-23(22)24/h4-7,14,19,21H,8-13,15-17H2,1-3H3. The first kappa shape index (κ1) is 18.7. The van der Waals surface area contributed by atoms with Crippen LogP contribution in [0.3, 0.4) is 0 Å². The molecule has 27 heavy (non-hydrogen) atoms. The first-order chi connectivity index (χ1) is 13.0. The van der Waals surface area contributed by atoms with E-state index >= 15 is 0 Å². The van der Waals surface area contributed by atoms with Gasteiger partial charge in [-0.3, -0.25) is 4.79 Å². The van der Waals surface area contributed by atoms with E-state index in [4.69, 9.17) is 0 Å². The molecule has 1 saturated heterocycles. The molecule has 1 aromatic carbocycles. The third-order valence-corrected chi connectivity index (χ3v) is 7.40. The van der Waals surface area contributed by atoms with E-state index in [1.807, 2.05) is 0 Å². The van der Waals surface area contributed by atoms with Crippen molar-refractivity contribution in [3.8, 4) is 0 Å². The lowest BCUT2D eigenvalue weighted by atomic mass is 9.68. The Hall–Kier alpha value is -1.61. The Bertz CT molecular complexity index is 730. The van der Waals surface area contributed by atoms with Gasteiger partial charge >= 0.3 is 0 Å². The summed E-state index contributed by atoms with van der Waals surface area (Å²) in [7, 11) is 0.